The number of carbonyl (C=O) groups is 2. The fourth-order valence-corrected chi connectivity index (χ4v) is 1.77. The Morgan fingerprint density at radius 2 is 1.75 bits per heavy atom. The molecule has 110 valence electrons. The molecule has 1 aromatic rings. The number of aliphatic hydroxyl groups excluding tert-OH is 2. The maximum absolute atomic E-state index is 12.1. The van der Waals surface area contributed by atoms with Crippen LogP contribution in [0.2, 0.25) is 0 Å². The van der Waals surface area contributed by atoms with Crippen LogP contribution < -0.4 is 4.90 Å². The Bertz CT molecular complexity index is 476. The normalized spacial score (nSPS) is 13.6. The van der Waals surface area contributed by atoms with Crippen molar-refractivity contribution in [3.63, 3.8) is 0 Å². The first-order valence-electron chi connectivity index (χ1n) is 5.91. The van der Waals surface area contributed by atoms with Crippen LogP contribution >= 0.6 is 11.6 Å². The van der Waals surface area contributed by atoms with Gasteiger partial charge in [-0.05, 0) is 19.1 Å². The van der Waals surface area contributed by atoms with Gasteiger partial charge >= 0.3 is 5.97 Å². The van der Waals surface area contributed by atoms with Crippen LogP contribution in [0.5, 0.6) is 0 Å². The number of carboxylic acids is 1. The average Bonchev–Trinajstić information content (AvgIpc) is 2.43. The van der Waals surface area contributed by atoms with Gasteiger partial charge < -0.3 is 20.2 Å². The van der Waals surface area contributed by atoms with Crippen LogP contribution in [0.1, 0.15) is 5.56 Å². The van der Waals surface area contributed by atoms with Gasteiger partial charge in [0.1, 0.15) is 0 Å². The van der Waals surface area contributed by atoms with Gasteiger partial charge in [-0.3, -0.25) is 4.79 Å². The monoisotopic (exact) mass is 301 g/mol. The molecule has 2 atom stereocenters. The van der Waals surface area contributed by atoms with Crippen molar-refractivity contribution in [2.45, 2.75) is 19.1 Å². The van der Waals surface area contributed by atoms with Gasteiger partial charge in [0.2, 0.25) is 0 Å². The quantitative estimate of drug-likeness (QED) is 0.660. The Kier molecular flexibility index (Phi) is 5.94. The van der Waals surface area contributed by atoms with Crippen molar-refractivity contribution in [2.75, 3.05) is 17.3 Å². The van der Waals surface area contributed by atoms with E-state index >= 15 is 0 Å². The molecule has 0 aliphatic heterocycles. The van der Waals surface area contributed by atoms with Gasteiger partial charge in [-0.1, -0.05) is 17.7 Å². The van der Waals surface area contributed by atoms with Gasteiger partial charge in [0.25, 0.3) is 5.91 Å². The van der Waals surface area contributed by atoms with Crippen LogP contribution in [-0.2, 0) is 9.59 Å². The molecule has 0 saturated carbocycles. The standard InChI is InChI=1S/C13H16ClNO5/c1-8-2-4-9(5-3-8)15(7-6-14)12(18)10(16)11(17)13(19)20/h2-5,10-11,16-17H,6-7H2,1H3,(H,19,20)/t10-,11-/m1/s1. The molecular weight excluding hydrogens is 286 g/mol. The Hall–Kier alpha value is -1.63. The third kappa shape index (κ3) is 3.93. The van der Waals surface area contributed by atoms with Gasteiger partial charge in [0, 0.05) is 18.1 Å². The minimum absolute atomic E-state index is 0.0901. The summed E-state index contributed by atoms with van der Waals surface area (Å²) in [6.07, 6.45) is -4.22. The molecule has 0 aromatic heterocycles. The Morgan fingerprint density at radius 1 is 1.20 bits per heavy atom. The molecule has 0 aliphatic rings. The summed E-state index contributed by atoms with van der Waals surface area (Å²) in [6.45, 7) is 1.97. The molecule has 6 nitrogen and oxygen atoms in total. The number of aliphatic carboxylic acids is 1. The summed E-state index contributed by atoms with van der Waals surface area (Å²) in [5, 5.41) is 27.5. The summed E-state index contributed by atoms with van der Waals surface area (Å²) in [6, 6.07) is 6.84. The van der Waals surface area contributed by atoms with E-state index in [4.69, 9.17) is 16.7 Å². The lowest BCUT2D eigenvalue weighted by Gasteiger charge is -2.25. The number of benzene rings is 1. The van der Waals surface area contributed by atoms with Crippen molar-refractivity contribution in [1.29, 1.82) is 0 Å². The Balaban J connectivity index is 2.98. The van der Waals surface area contributed by atoms with Crippen LogP contribution in [0.15, 0.2) is 24.3 Å². The zero-order chi connectivity index (χ0) is 15.3. The number of hydrogen-bond acceptors (Lipinski definition) is 4. The number of anilines is 1. The number of carboxylic acid groups (broad SMARTS) is 1. The van der Waals surface area contributed by atoms with E-state index in [0.29, 0.717) is 5.69 Å². The second kappa shape index (κ2) is 7.23. The van der Waals surface area contributed by atoms with E-state index < -0.39 is 24.1 Å². The largest absolute Gasteiger partial charge is 0.479 e. The number of carbonyl (C=O) groups excluding carboxylic acids is 1. The Morgan fingerprint density at radius 3 is 2.20 bits per heavy atom. The highest BCUT2D eigenvalue weighted by Gasteiger charge is 2.33. The van der Waals surface area contributed by atoms with E-state index in [1.165, 1.54) is 0 Å². The molecule has 0 bridgehead atoms. The highest BCUT2D eigenvalue weighted by molar-refractivity contribution is 6.18. The summed E-state index contributed by atoms with van der Waals surface area (Å²) in [5.74, 6) is -2.47. The predicted octanol–water partition coefficient (Wildman–Crippen LogP) is 0.373. The number of aliphatic hydroxyl groups is 2. The first kappa shape index (κ1) is 16.4. The molecule has 1 rings (SSSR count). The summed E-state index contributed by atoms with van der Waals surface area (Å²) in [7, 11) is 0. The molecule has 20 heavy (non-hydrogen) atoms. The summed E-state index contributed by atoms with van der Waals surface area (Å²) in [4.78, 5) is 23.8. The van der Waals surface area contributed by atoms with Crippen molar-refractivity contribution < 1.29 is 24.9 Å². The molecule has 0 radical (unpaired) electrons. The van der Waals surface area contributed by atoms with E-state index in [0.717, 1.165) is 10.5 Å². The number of aryl methyl sites for hydroxylation is 1. The van der Waals surface area contributed by atoms with E-state index in [1.54, 1.807) is 24.3 Å². The molecule has 1 aromatic carbocycles. The molecule has 0 aliphatic carbocycles. The molecule has 0 saturated heterocycles. The summed E-state index contributed by atoms with van der Waals surface area (Å²) >= 11 is 5.61. The second-order valence-corrected chi connectivity index (χ2v) is 4.62. The van der Waals surface area contributed by atoms with Crippen molar-refractivity contribution in [2.24, 2.45) is 0 Å². The van der Waals surface area contributed by atoms with Crippen molar-refractivity contribution in [1.82, 2.24) is 0 Å². The molecule has 0 unspecified atom stereocenters. The van der Waals surface area contributed by atoms with E-state index in [-0.39, 0.29) is 12.4 Å². The zero-order valence-electron chi connectivity index (χ0n) is 10.9. The predicted molar refractivity (Wildman–Crippen MR) is 73.9 cm³/mol. The van der Waals surface area contributed by atoms with E-state index in [2.05, 4.69) is 0 Å². The summed E-state index contributed by atoms with van der Waals surface area (Å²) in [5.41, 5.74) is 1.45. The van der Waals surface area contributed by atoms with Crippen molar-refractivity contribution in [3.05, 3.63) is 29.8 Å². The minimum atomic E-state index is -2.18. The Labute approximate surface area is 121 Å². The maximum Gasteiger partial charge on any atom is 0.335 e. The molecule has 0 fully saturated rings. The van der Waals surface area contributed by atoms with Gasteiger partial charge in [0.15, 0.2) is 12.2 Å². The van der Waals surface area contributed by atoms with E-state index in [1.807, 2.05) is 6.92 Å². The number of rotatable bonds is 6. The molecular formula is C13H16ClNO5. The lowest BCUT2D eigenvalue weighted by molar-refractivity contribution is -0.157. The van der Waals surface area contributed by atoms with E-state index in [9.17, 15) is 19.8 Å². The third-order valence-electron chi connectivity index (χ3n) is 2.72. The fourth-order valence-electron chi connectivity index (χ4n) is 1.61. The summed E-state index contributed by atoms with van der Waals surface area (Å²) < 4.78 is 0. The highest BCUT2D eigenvalue weighted by atomic mass is 35.5. The van der Waals surface area contributed by atoms with Crippen LogP contribution in [0.3, 0.4) is 0 Å². The second-order valence-electron chi connectivity index (χ2n) is 4.24. The van der Waals surface area contributed by atoms with Gasteiger partial charge in [-0.25, -0.2) is 4.79 Å². The average molecular weight is 302 g/mol. The third-order valence-corrected chi connectivity index (χ3v) is 2.89. The highest BCUT2D eigenvalue weighted by Crippen LogP contribution is 2.17. The van der Waals surface area contributed by atoms with Crippen molar-refractivity contribution in [3.8, 4) is 0 Å². The molecule has 0 heterocycles. The number of hydrogen-bond donors (Lipinski definition) is 3. The van der Waals surface area contributed by atoms with Gasteiger partial charge in [0.05, 0.1) is 0 Å². The zero-order valence-corrected chi connectivity index (χ0v) is 11.6. The first-order valence-corrected chi connectivity index (χ1v) is 6.45. The SMILES string of the molecule is Cc1ccc(N(CCCl)C(=O)[C@H](O)[C@@H](O)C(=O)O)cc1. The molecule has 0 spiro atoms. The van der Waals surface area contributed by atoms with Gasteiger partial charge in [-0.15, -0.1) is 11.6 Å². The lowest BCUT2D eigenvalue weighted by Crippen LogP contribution is -2.48. The molecule has 1 amide bonds. The maximum atomic E-state index is 12.1. The van der Waals surface area contributed by atoms with Crippen LogP contribution in [-0.4, -0.2) is 51.8 Å². The molecule has 3 N–H and O–H groups in total. The number of amides is 1. The smallest absolute Gasteiger partial charge is 0.335 e. The molecule has 7 heteroatoms. The fraction of sp³-hybridized carbons (Fsp3) is 0.385. The minimum Gasteiger partial charge on any atom is -0.479 e. The van der Waals surface area contributed by atoms with Gasteiger partial charge in [-0.2, -0.15) is 0 Å². The van der Waals surface area contributed by atoms with Crippen LogP contribution in [0, 0.1) is 6.92 Å². The van der Waals surface area contributed by atoms with Crippen molar-refractivity contribution >= 4 is 29.2 Å². The topological polar surface area (TPSA) is 98.1 Å². The van der Waals surface area contributed by atoms with Crippen LogP contribution in [0.25, 0.3) is 0 Å². The first-order chi connectivity index (χ1) is 9.38. The lowest BCUT2D eigenvalue weighted by atomic mass is 10.1. The van der Waals surface area contributed by atoms with Crippen LogP contribution in [0.4, 0.5) is 5.69 Å². The number of halogens is 1. The number of alkyl halides is 1. The number of nitrogens with zero attached hydrogens (tertiary/aromatic N) is 1.